The molecule has 1 unspecified atom stereocenters. The topological polar surface area (TPSA) is 60.5 Å². The Labute approximate surface area is 140 Å². The number of pyridine rings is 1. The van der Waals surface area contributed by atoms with E-state index in [1.807, 2.05) is 19.9 Å². The second-order valence-electron chi connectivity index (χ2n) is 6.34. The van der Waals surface area contributed by atoms with Gasteiger partial charge in [0, 0.05) is 35.8 Å². The fourth-order valence-electron chi connectivity index (χ4n) is 3.76. The monoisotopic (exact) mass is 323 g/mol. The van der Waals surface area contributed by atoms with E-state index in [4.69, 9.17) is 10.5 Å². The lowest BCUT2D eigenvalue weighted by Crippen LogP contribution is -2.47. The quantitative estimate of drug-likeness (QED) is 0.922. The van der Waals surface area contributed by atoms with Gasteiger partial charge < -0.3 is 19.9 Å². The van der Waals surface area contributed by atoms with E-state index in [9.17, 15) is 4.79 Å². The summed E-state index contributed by atoms with van der Waals surface area (Å²) in [4.78, 5) is 14.6. The molecule has 2 aromatic rings. The van der Waals surface area contributed by atoms with Crippen LogP contribution in [-0.2, 0) is 6.54 Å². The standard InChI is InChI=1S/C19H21N3O2/c1-4-21-16(23)7-11(2)15-8-13-6-5-12(3)22-14(9-20)10-24-19(17(13)22)18(15)21/h5-8,14H,3-4,9-10,20H2,1-2H3. The Morgan fingerprint density at radius 2 is 2.17 bits per heavy atom. The van der Waals surface area contributed by atoms with Crippen LogP contribution in [0.3, 0.4) is 0 Å². The summed E-state index contributed by atoms with van der Waals surface area (Å²) >= 11 is 0. The Kier molecular flexibility index (Phi) is 3.28. The number of hydrogen-bond acceptors (Lipinski definition) is 4. The second-order valence-corrected chi connectivity index (χ2v) is 6.34. The number of allylic oxidation sites excluding steroid dienone is 1. The molecule has 3 heterocycles. The molecule has 0 saturated carbocycles. The highest BCUT2D eigenvalue weighted by atomic mass is 16.5. The summed E-state index contributed by atoms with van der Waals surface area (Å²) < 4.78 is 7.91. The molecule has 0 spiro atoms. The van der Waals surface area contributed by atoms with Gasteiger partial charge in [-0.05, 0) is 31.6 Å². The number of aryl methyl sites for hydroxylation is 2. The van der Waals surface area contributed by atoms with E-state index < -0.39 is 0 Å². The summed E-state index contributed by atoms with van der Waals surface area (Å²) in [7, 11) is 0. The molecule has 2 aliphatic heterocycles. The van der Waals surface area contributed by atoms with Gasteiger partial charge in [0.25, 0.3) is 5.56 Å². The number of benzene rings is 1. The van der Waals surface area contributed by atoms with E-state index in [0.717, 1.165) is 39.2 Å². The minimum absolute atomic E-state index is 0.0000219. The number of hydrogen-bond donors (Lipinski definition) is 1. The summed E-state index contributed by atoms with van der Waals surface area (Å²) in [6, 6.07) is 3.88. The molecular weight excluding hydrogens is 302 g/mol. The predicted octanol–water partition coefficient (Wildman–Crippen LogP) is 2.40. The fourth-order valence-corrected chi connectivity index (χ4v) is 3.76. The first-order valence-electron chi connectivity index (χ1n) is 8.27. The van der Waals surface area contributed by atoms with Gasteiger partial charge in [-0.15, -0.1) is 0 Å². The molecule has 0 saturated heterocycles. The number of aromatic nitrogens is 1. The van der Waals surface area contributed by atoms with E-state index in [2.05, 4.69) is 23.6 Å². The highest BCUT2D eigenvalue weighted by Gasteiger charge is 2.34. The van der Waals surface area contributed by atoms with Crippen molar-refractivity contribution in [1.82, 2.24) is 4.57 Å². The van der Waals surface area contributed by atoms with Crippen LogP contribution in [0.15, 0.2) is 35.3 Å². The summed E-state index contributed by atoms with van der Waals surface area (Å²) in [5, 5.41) is 1.05. The Morgan fingerprint density at radius 3 is 2.88 bits per heavy atom. The lowest BCUT2D eigenvalue weighted by atomic mass is 9.96. The van der Waals surface area contributed by atoms with Crippen molar-refractivity contribution in [3.8, 4) is 5.75 Å². The molecule has 0 aliphatic carbocycles. The molecule has 24 heavy (non-hydrogen) atoms. The van der Waals surface area contributed by atoms with Crippen molar-refractivity contribution in [2.24, 2.45) is 5.73 Å². The maximum Gasteiger partial charge on any atom is 0.251 e. The van der Waals surface area contributed by atoms with Gasteiger partial charge >= 0.3 is 0 Å². The molecule has 1 aromatic heterocycles. The van der Waals surface area contributed by atoms with Gasteiger partial charge in [-0.25, -0.2) is 0 Å². The van der Waals surface area contributed by atoms with Crippen molar-refractivity contribution < 1.29 is 4.74 Å². The van der Waals surface area contributed by atoms with Crippen LogP contribution in [0.2, 0.25) is 0 Å². The first kappa shape index (κ1) is 15.0. The van der Waals surface area contributed by atoms with Gasteiger partial charge in [-0.1, -0.05) is 12.7 Å². The van der Waals surface area contributed by atoms with Crippen molar-refractivity contribution in [2.45, 2.75) is 26.4 Å². The van der Waals surface area contributed by atoms with E-state index in [0.29, 0.717) is 19.7 Å². The zero-order valence-corrected chi connectivity index (χ0v) is 14.0. The number of anilines is 1. The van der Waals surface area contributed by atoms with E-state index in [1.165, 1.54) is 0 Å². The number of nitrogens with two attached hydrogens (primary N) is 1. The van der Waals surface area contributed by atoms with Crippen LogP contribution in [-0.4, -0.2) is 23.8 Å². The number of nitrogens with zero attached hydrogens (tertiary/aromatic N) is 2. The normalized spacial score (nSPS) is 18.7. The van der Waals surface area contributed by atoms with E-state index >= 15 is 0 Å². The van der Waals surface area contributed by atoms with Crippen LogP contribution in [0.1, 0.15) is 18.1 Å². The predicted molar refractivity (Wildman–Crippen MR) is 97.6 cm³/mol. The van der Waals surface area contributed by atoms with Gasteiger partial charge in [0.2, 0.25) is 0 Å². The first-order valence-corrected chi connectivity index (χ1v) is 8.27. The molecule has 1 atom stereocenters. The molecule has 5 heteroatoms. The van der Waals surface area contributed by atoms with Crippen LogP contribution in [0.25, 0.3) is 17.0 Å². The van der Waals surface area contributed by atoms with Crippen LogP contribution in [0.5, 0.6) is 5.75 Å². The number of rotatable bonds is 2. The van der Waals surface area contributed by atoms with Crippen LogP contribution >= 0.6 is 0 Å². The summed E-state index contributed by atoms with van der Waals surface area (Å²) in [6.45, 7) is 9.67. The maximum atomic E-state index is 12.4. The molecule has 0 bridgehead atoms. The summed E-state index contributed by atoms with van der Waals surface area (Å²) in [6.07, 6.45) is 4.07. The SMILES string of the molecule is C=C1C=Cc2cc3c(C)cc(=O)n(CC)c3c3c2N1C(CN)CO3. The largest absolute Gasteiger partial charge is 0.487 e. The molecule has 2 aliphatic rings. The van der Waals surface area contributed by atoms with Crippen LogP contribution in [0, 0.1) is 6.92 Å². The van der Waals surface area contributed by atoms with Gasteiger partial charge in [0.15, 0.2) is 5.75 Å². The first-order chi connectivity index (χ1) is 11.6. The number of fused-ring (bicyclic) bond motifs is 2. The third kappa shape index (κ3) is 1.88. The Hall–Kier alpha value is -2.53. The van der Waals surface area contributed by atoms with Crippen molar-refractivity contribution >= 4 is 22.7 Å². The third-order valence-corrected chi connectivity index (χ3v) is 4.94. The van der Waals surface area contributed by atoms with Crippen molar-refractivity contribution in [2.75, 3.05) is 18.1 Å². The zero-order valence-electron chi connectivity index (χ0n) is 14.0. The molecule has 0 fully saturated rings. The molecule has 0 radical (unpaired) electrons. The minimum Gasteiger partial charge on any atom is -0.487 e. The molecule has 4 rings (SSSR count). The average molecular weight is 323 g/mol. The Balaban J connectivity index is 2.16. The Morgan fingerprint density at radius 1 is 1.38 bits per heavy atom. The van der Waals surface area contributed by atoms with Gasteiger partial charge in [0.05, 0.1) is 17.2 Å². The average Bonchev–Trinajstić information content (AvgIpc) is 2.58. The fraction of sp³-hybridized carbons (Fsp3) is 0.316. The molecule has 2 N–H and O–H groups in total. The highest BCUT2D eigenvalue weighted by Crippen LogP contribution is 2.47. The summed E-state index contributed by atoms with van der Waals surface area (Å²) in [5.41, 5.74) is 10.7. The molecule has 124 valence electrons. The maximum absolute atomic E-state index is 12.4. The summed E-state index contributed by atoms with van der Waals surface area (Å²) in [5.74, 6) is 0.764. The minimum atomic E-state index is -0.0000219. The lowest BCUT2D eigenvalue weighted by molar-refractivity contribution is 0.272. The van der Waals surface area contributed by atoms with E-state index in [-0.39, 0.29) is 11.6 Å². The Bertz CT molecular complexity index is 955. The lowest BCUT2D eigenvalue weighted by Gasteiger charge is -2.41. The zero-order chi connectivity index (χ0) is 17.0. The van der Waals surface area contributed by atoms with Crippen LogP contribution < -0.4 is 20.9 Å². The van der Waals surface area contributed by atoms with Crippen molar-refractivity contribution in [1.29, 1.82) is 0 Å². The van der Waals surface area contributed by atoms with Crippen molar-refractivity contribution in [3.05, 3.63) is 52.0 Å². The number of ether oxygens (including phenoxy) is 1. The van der Waals surface area contributed by atoms with Gasteiger partial charge in [-0.2, -0.15) is 0 Å². The highest BCUT2D eigenvalue weighted by molar-refractivity contribution is 5.99. The molecule has 0 amide bonds. The second kappa shape index (κ2) is 5.24. The van der Waals surface area contributed by atoms with Gasteiger partial charge in [0.1, 0.15) is 6.61 Å². The molecule has 1 aromatic carbocycles. The molecule has 5 nitrogen and oxygen atoms in total. The van der Waals surface area contributed by atoms with Crippen molar-refractivity contribution in [3.63, 3.8) is 0 Å². The van der Waals surface area contributed by atoms with E-state index in [1.54, 1.807) is 10.6 Å². The smallest absolute Gasteiger partial charge is 0.251 e. The van der Waals surface area contributed by atoms with Gasteiger partial charge in [-0.3, -0.25) is 4.79 Å². The van der Waals surface area contributed by atoms with Crippen LogP contribution in [0.4, 0.5) is 5.69 Å². The molecular formula is C19H21N3O2. The third-order valence-electron chi connectivity index (χ3n) is 4.94.